The summed E-state index contributed by atoms with van der Waals surface area (Å²) >= 11 is 0. The van der Waals surface area contributed by atoms with Crippen LogP contribution in [-0.2, 0) is 6.54 Å². The van der Waals surface area contributed by atoms with Gasteiger partial charge in [-0.2, -0.15) is 0 Å². The highest BCUT2D eigenvalue weighted by Crippen LogP contribution is 2.06. The van der Waals surface area contributed by atoms with E-state index in [0.29, 0.717) is 17.9 Å². The Kier molecular flexibility index (Phi) is 4.88. The van der Waals surface area contributed by atoms with Crippen LogP contribution >= 0.6 is 0 Å². The monoisotopic (exact) mass is 324 g/mol. The van der Waals surface area contributed by atoms with Gasteiger partial charge in [0.15, 0.2) is 11.5 Å². The zero-order chi connectivity index (χ0) is 16.8. The van der Waals surface area contributed by atoms with E-state index in [-0.39, 0.29) is 11.5 Å². The van der Waals surface area contributed by atoms with Gasteiger partial charge in [-0.25, -0.2) is 0 Å². The van der Waals surface area contributed by atoms with Gasteiger partial charge in [-0.3, -0.25) is 14.9 Å². The quantitative estimate of drug-likeness (QED) is 0.515. The number of hydrogen-bond acceptors (Lipinski definition) is 5. The Morgan fingerprint density at radius 3 is 2.33 bits per heavy atom. The molecule has 1 atom stereocenters. The molecule has 0 fully saturated rings. The van der Waals surface area contributed by atoms with Gasteiger partial charge >= 0.3 is 0 Å². The largest absolute Gasteiger partial charge is 0.468 e. The summed E-state index contributed by atoms with van der Waals surface area (Å²) in [5.74, 6) is 0.0806. The van der Waals surface area contributed by atoms with Crippen LogP contribution in [0.3, 0.4) is 0 Å². The lowest BCUT2D eigenvalue weighted by Gasteiger charge is -2.18. The van der Waals surface area contributed by atoms with Crippen molar-refractivity contribution in [2.45, 2.75) is 12.7 Å². The molecule has 24 heavy (non-hydrogen) atoms. The van der Waals surface area contributed by atoms with Gasteiger partial charge < -0.3 is 14.2 Å². The van der Waals surface area contributed by atoms with Crippen LogP contribution < -0.4 is 10.6 Å². The first-order chi connectivity index (χ1) is 11.7. The standard InChI is InChI=1S/C18H16N2O4/c21-16(13-6-2-1-3-7-13)17(19-12-14-8-4-10-23-14)20-18(22)15-9-5-11-24-15/h1-11,17,19H,12H2,(H,20,22). The van der Waals surface area contributed by atoms with E-state index in [1.807, 2.05) is 6.07 Å². The van der Waals surface area contributed by atoms with E-state index < -0.39 is 12.1 Å². The van der Waals surface area contributed by atoms with E-state index in [2.05, 4.69) is 10.6 Å². The summed E-state index contributed by atoms with van der Waals surface area (Å²) in [5, 5.41) is 5.64. The maximum Gasteiger partial charge on any atom is 0.288 e. The van der Waals surface area contributed by atoms with Gasteiger partial charge in [0.1, 0.15) is 11.9 Å². The van der Waals surface area contributed by atoms with E-state index in [1.165, 1.54) is 12.3 Å². The molecule has 122 valence electrons. The molecule has 2 N–H and O–H groups in total. The van der Waals surface area contributed by atoms with Crippen LogP contribution in [0.5, 0.6) is 0 Å². The zero-order valence-electron chi connectivity index (χ0n) is 12.8. The third-order valence-corrected chi connectivity index (χ3v) is 3.40. The van der Waals surface area contributed by atoms with Crippen molar-refractivity contribution in [3.05, 3.63) is 84.2 Å². The van der Waals surface area contributed by atoms with Crippen LogP contribution in [0.15, 0.2) is 76.0 Å². The molecule has 3 aromatic rings. The molecule has 0 bridgehead atoms. The van der Waals surface area contributed by atoms with Crippen LogP contribution in [0.25, 0.3) is 0 Å². The Morgan fingerprint density at radius 1 is 0.917 bits per heavy atom. The predicted octanol–water partition coefficient (Wildman–Crippen LogP) is 2.60. The summed E-state index contributed by atoms with van der Waals surface area (Å²) in [6.07, 6.45) is 2.04. The smallest absolute Gasteiger partial charge is 0.288 e. The molecule has 3 rings (SSSR count). The summed E-state index contributed by atoms with van der Waals surface area (Å²) in [4.78, 5) is 24.9. The normalized spacial score (nSPS) is 11.8. The Balaban J connectivity index is 1.74. The molecule has 0 spiro atoms. The summed E-state index contributed by atoms with van der Waals surface area (Å²) < 4.78 is 10.3. The van der Waals surface area contributed by atoms with Crippen molar-refractivity contribution in [3.8, 4) is 0 Å². The second kappa shape index (κ2) is 7.43. The number of benzene rings is 1. The number of amides is 1. The topological polar surface area (TPSA) is 84.5 Å². The van der Waals surface area contributed by atoms with E-state index in [0.717, 1.165) is 0 Å². The van der Waals surface area contributed by atoms with Crippen molar-refractivity contribution in [2.24, 2.45) is 0 Å². The molecule has 6 nitrogen and oxygen atoms in total. The van der Waals surface area contributed by atoms with Crippen molar-refractivity contribution in [2.75, 3.05) is 0 Å². The minimum Gasteiger partial charge on any atom is -0.468 e. The van der Waals surface area contributed by atoms with Gasteiger partial charge in [0.05, 0.1) is 19.1 Å². The van der Waals surface area contributed by atoms with Crippen molar-refractivity contribution in [1.29, 1.82) is 0 Å². The molecule has 1 aromatic carbocycles. The molecule has 0 saturated heterocycles. The maximum absolute atomic E-state index is 12.7. The number of furan rings is 2. The van der Waals surface area contributed by atoms with Gasteiger partial charge in [-0.15, -0.1) is 0 Å². The lowest BCUT2D eigenvalue weighted by atomic mass is 10.1. The highest BCUT2D eigenvalue weighted by atomic mass is 16.3. The van der Waals surface area contributed by atoms with Gasteiger partial charge in [0.2, 0.25) is 0 Å². The highest BCUT2D eigenvalue weighted by Gasteiger charge is 2.23. The third-order valence-electron chi connectivity index (χ3n) is 3.40. The number of carbonyl (C=O) groups is 2. The van der Waals surface area contributed by atoms with Crippen molar-refractivity contribution in [1.82, 2.24) is 10.6 Å². The summed E-state index contributed by atoms with van der Waals surface area (Å²) in [6.45, 7) is 0.300. The number of carbonyl (C=O) groups excluding carboxylic acids is 2. The van der Waals surface area contributed by atoms with Crippen LogP contribution in [0.1, 0.15) is 26.7 Å². The Morgan fingerprint density at radius 2 is 1.67 bits per heavy atom. The average molecular weight is 324 g/mol. The molecule has 6 heteroatoms. The number of hydrogen-bond donors (Lipinski definition) is 2. The van der Waals surface area contributed by atoms with Crippen molar-refractivity contribution >= 4 is 11.7 Å². The number of nitrogens with one attached hydrogen (secondary N) is 2. The molecule has 0 aliphatic rings. The number of Topliss-reactive ketones (excluding diaryl/α,β-unsaturated/α-hetero) is 1. The molecule has 1 amide bonds. The lowest BCUT2D eigenvalue weighted by Crippen LogP contribution is -2.50. The van der Waals surface area contributed by atoms with Gasteiger partial charge in [-0.05, 0) is 24.3 Å². The highest BCUT2D eigenvalue weighted by molar-refractivity contribution is 6.03. The second-order valence-corrected chi connectivity index (χ2v) is 5.07. The molecule has 2 aromatic heterocycles. The fourth-order valence-electron chi connectivity index (χ4n) is 2.20. The van der Waals surface area contributed by atoms with E-state index in [4.69, 9.17) is 8.83 Å². The zero-order valence-corrected chi connectivity index (χ0v) is 12.8. The molecule has 0 saturated carbocycles. The lowest BCUT2D eigenvalue weighted by molar-refractivity contribution is 0.0820. The fraction of sp³-hybridized carbons (Fsp3) is 0.111. The summed E-state index contributed by atoms with van der Waals surface area (Å²) in [7, 11) is 0. The first-order valence-corrected chi connectivity index (χ1v) is 7.43. The third kappa shape index (κ3) is 3.80. The number of ketones is 1. The molecule has 0 aliphatic heterocycles. The minimum absolute atomic E-state index is 0.140. The van der Waals surface area contributed by atoms with Crippen LogP contribution in [-0.4, -0.2) is 17.9 Å². The molecular formula is C18H16N2O4. The minimum atomic E-state index is -0.907. The Labute approximate surface area is 138 Å². The molecule has 0 aliphatic carbocycles. The van der Waals surface area contributed by atoms with Crippen molar-refractivity contribution < 1.29 is 18.4 Å². The summed E-state index contributed by atoms with van der Waals surface area (Å²) in [6, 6.07) is 15.4. The second-order valence-electron chi connectivity index (χ2n) is 5.07. The molecular weight excluding hydrogens is 308 g/mol. The van der Waals surface area contributed by atoms with Crippen LogP contribution in [0.2, 0.25) is 0 Å². The fourth-order valence-corrected chi connectivity index (χ4v) is 2.20. The first-order valence-electron chi connectivity index (χ1n) is 7.43. The maximum atomic E-state index is 12.7. The van der Waals surface area contributed by atoms with Gasteiger partial charge in [-0.1, -0.05) is 30.3 Å². The number of rotatable bonds is 7. The SMILES string of the molecule is O=C(NC(NCc1ccco1)C(=O)c1ccccc1)c1ccco1. The van der Waals surface area contributed by atoms with Gasteiger partial charge in [0.25, 0.3) is 5.91 Å². The Bertz CT molecular complexity index is 780. The Hall–Kier alpha value is -3.12. The molecule has 2 heterocycles. The molecule has 0 radical (unpaired) electrons. The average Bonchev–Trinajstić information content (AvgIpc) is 3.32. The first kappa shape index (κ1) is 15.8. The van der Waals surface area contributed by atoms with Gasteiger partial charge in [0, 0.05) is 5.56 Å². The van der Waals surface area contributed by atoms with Crippen molar-refractivity contribution in [3.63, 3.8) is 0 Å². The van der Waals surface area contributed by atoms with Crippen LogP contribution in [0, 0.1) is 0 Å². The summed E-state index contributed by atoms with van der Waals surface area (Å²) in [5.41, 5.74) is 0.495. The van der Waals surface area contributed by atoms with E-state index >= 15 is 0 Å². The predicted molar refractivity (Wildman–Crippen MR) is 86.3 cm³/mol. The molecule has 1 unspecified atom stereocenters. The van der Waals surface area contributed by atoms with E-state index in [9.17, 15) is 9.59 Å². The van der Waals surface area contributed by atoms with E-state index in [1.54, 1.807) is 48.7 Å². The van der Waals surface area contributed by atoms with Crippen LogP contribution in [0.4, 0.5) is 0 Å².